The molecule has 1 unspecified atom stereocenters. The number of carbonyl (C=O) groups excluding carboxylic acids is 1. The Labute approximate surface area is 93.2 Å². The zero-order valence-electron chi connectivity index (χ0n) is 9.05. The van der Waals surface area contributed by atoms with Crippen LogP contribution in [0.15, 0.2) is 30.6 Å². The van der Waals surface area contributed by atoms with Gasteiger partial charge in [-0.1, -0.05) is 19.1 Å². The Kier molecular flexibility index (Phi) is 2.87. The molecule has 2 aromatic rings. The molecule has 2 rings (SSSR count). The van der Waals surface area contributed by atoms with Crippen molar-refractivity contribution < 1.29 is 4.79 Å². The second kappa shape index (κ2) is 4.32. The second-order valence-corrected chi connectivity index (χ2v) is 3.57. The highest BCUT2D eigenvalue weighted by Crippen LogP contribution is 2.19. The summed E-state index contributed by atoms with van der Waals surface area (Å²) in [5.74, 6) is 4.96. The Morgan fingerprint density at radius 3 is 3.00 bits per heavy atom. The van der Waals surface area contributed by atoms with E-state index in [2.05, 4.69) is 10.4 Å². The van der Waals surface area contributed by atoms with Gasteiger partial charge in [-0.05, 0) is 18.6 Å². The highest BCUT2D eigenvalue weighted by molar-refractivity contribution is 5.83. The number of imidazole rings is 1. The SMILES string of the molecule is CCC(C(=O)NN)n1cnc2ccccc21. The molecule has 0 fully saturated rings. The molecule has 0 aliphatic rings. The van der Waals surface area contributed by atoms with Gasteiger partial charge in [0.2, 0.25) is 0 Å². The Balaban J connectivity index is 2.49. The standard InChI is InChI=1S/C11H14N4O/c1-2-9(11(16)14-12)15-7-13-8-5-3-4-6-10(8)15/h3-7,9H,2,12H2,1H3,(H,14,16). The molecule has 3 N–H and O–H groups in total. The lowest BCUT2D eigenvalue weighted by atomic mass is 10.2. The zero-order chi connectivity index (χ0) is 11.5. The number of hydrogen-bond donors (Lipinski definition) is 2. The number of rotatable bonds is 3. The molecule has 84 valence electrons. The summed E-state index contributed by atoms with van der Waals surface area (Å²) in [6.07, 6.45) is 2.34. The van der Waals surface area contributed by atoms with Gasteiger partial charge in [0.15, 0.2) is 0 Å². The number of aromatic nitrogens is 2. The number of amides is 1. The van der Waals surface area contributed by atoms with Crippen LogP contribution >= 0.6 is 0 Å². The van der Waals surface area contributed by atoms with Crippen LogP contribution in [0.1, 0.15) is 19.4 Å². The molecule has 0 saturated carbocycles. The molecule has 1 heterocycles. The molecule has 1 atom stereocenters. The van der Waals surface area contributed by atoms with Gasteiger partial charge in [-0.2, -0.15) is 0 Å². The molecule has 1 aromatic heterocycles. The first-order valence-corrected chi connectivity index (χ1v) is 5.20. The summed E-state index contributed by atoms with van der Waals surface area (Å²) in [5, 5.41) is 0. The topological polar surface area (TPSA) is 72.9 Å². The maximum atomic E-state index is 11.6. The van der Waals surface area contributed by atoms with Crippen LogP contribution in [-0.2, 0) is 4.79 Å². The van der Waals surface area contributed by atoms with E-state index in [0.29, 0.717) is 6.42 Å². The molecule has 0 saturated heterocycles. The Bertz CT molecular complexity index is 505. The van der Waals surface area contributed by atoms with Crippen LogP contribution in [0, 0.1) is 0 Å². The number of nitrogens with two attached hydrogens (primary N) is 1. The Hall–Kier alpha value is -1.88. The number of hydrogen-bond acceptors (Lipinski definition) is 3. The highest BCUT2D eigenvalue weighted by atomic mass is 16.2. The zero-order valence-corrected chi connectivity index (χ0v) is 9.05. The number of para-hydroxylation sites is 2. The number of hydrazine groups is 1. The van der Waals surface area contributed by atoms with Gasteiger partial charge in [-0.3, -0.25) is 10.2 Å². The summed E-state index contributed by atoms with van der Waals surface area (Å²) < 4.78 is 1.84. The third-order valence-electron chi connectivity index (χ3n) is 2.65. The first-order valence-electron chi connectivity index (χ1n) is 5.20. The average molecular weight is 218 g/mol. The van der Waals surface area contributed by atoms with Gasteiger partial charge >= 0.3 is 0 Å². The van der Waals surface area contributed by atoms with Crippen molar-refractivity contribution in [3.8, 4) is 0 Å². The molecule has 0 spiro atoms. The van der Waals surface area contributed by atoms with Crippen LogP contribution in [0.2, 0.25) is 0 Å². The lowest BCUT2D eigenvalue weighted by molar-refractivity contribution is -0.124. The molecule has 1 aromatic carbocycles. The maximum absolute atomic E-state index is 11.6. The van der Waals surface area contributed by atoms with E-state index >= 15 is 0 Å². The molecule has 5 nitrogen and oxygen atoms in total. The van der Waals surface area contributed by atoms with Crippen molar-refractivity contribution in [3.63, 3.8) is 0 Å². The quantitative estimate of drug-likeness (QED) is 0.458. The van der Waals surface area contributed by atoms with Crippen molar-refractivity contribution in [2.45, 2.75) is 19.4 Å². The van der Waals surface area contributed by atoms with E-state index in [1.165, 1.54) is 0 Å². The van der Waals surface area contributed by atoms with E-state index in [9.17, 15) is 4.79 Å². The lowest BCUT2D eigenvalue weighted by Gasteiger charge is -2.15. The summed E-state index contributed by atoms with van der Waals surface area (Å²) in [4.78, 5) is 15.8. The smallest absolute Gasteiger partial charge is 0.256 e. The summed E-state index contributed by atoms with van der Waals surface area (Å²) in [6, 6.07) is 7.39. The molecule has 5 heteroatoms. The van der Waals surface area contributed by atoms with Gasteiger partial charge in [0, 0.05) is 0 Å². The van der Waals surface area contributed by atoms with Crippen molar-refractivity contribution >= 4 is 16.9 Å². The van der Waals surface area contributed by atoms with Crippen LogP contribution in [0.3, 0.4) is 0 Å². The van der Waals surface area contributed by atoms with Crippen molar-refractivity contribution in [1.82, 2.24) is 15.0 Å². The van der Waals surface area contributed by atoms with Gasteiger partial charge in [-0.25, -0.2) is 10.8 Å². The molecule has 0 aliphatic heterocycles. The van der Waals surface area contributed by atoms with Gasteiger partial charge in [0.1, 0.15) is 6.04 Å². The third kappa shape index (κ3) is 1.65. The fourth-order valence-electron chi connectivity index (χ4n) is 1.83. The van der Waals surface area contributed by atoms with Crippen molar-refractivity contribution in [3.05, 3.63) is 30.6 Å². The minimum absolute atomic E-state index is 0.203. The second-order valence-electron chi connectivity index (χ2n) is 3.57. The largest absolute Gasteiger partial charge is 0.318 e. The third-order valence-corrected chi connectivity index (χ3v) is 2.65. The fraction of sp³-hybridized carbons (Fsp3) is 0.273. The molecular formula is C11H14N4O. The number of fused-ring (bicyclic) bond motifs is 1. The summed E-state index contributed by atoms with van der Waals surface area (Å²) in [6.45, 7) is 1.94. The van der Waals surface area contributed by atoms with Gasteiger partial charge in [0.25, 0.3) is 5.91 Å². The summed E-state index contributed by atoms with van der Waals surface area (Å²) in [5.41, 5.74) is 4.00. The van der Waals surface area contributed by atoms with Crippen LogP contribution in [0.5, 0.6) is 0 Å². The summed E-state index contributed by atoms with van der Waals surface area (Å²) >= 11 is 0. The summed E-state index contributed by atoms with van der Waals surface area (Å²) in [7, 11) is 0. The van der Waals surface area contributed by atoms with E-state index < -0.39 is 0 Å². The van der Waals surface area contributed by atoms with Crippen LogP contribution in [-0.4, -0.2) is 15.5 Å². The van der Waals surface area contributed by atoms with E-state index in [0.717, 1.165) is 11.0 Å². The minimum atomic E-state index is -0.308. The van der Waals surface area contributed by atoms with E-state index in [-0.39, 0.29) is 11.9 Å². The number of carbonyl (C=O) groups is 1. The lowest BCUT2D eigenvalue weighted by Crippen LogP contribution is -2.36. The fourth-order valence-corrected chi connectivity index (χ4v) is 1.83. The molecule has 0 radical (unpaired) electrons. The van der Waals surface area contributed by atoms with E-state index in [1.54, 1.807) is 6.33 Å². The van der Waals surface area contributed by atoms with Crippen LogP contribution < -0.4 is 11.3 Å². The first-order chi connectivity index (χ1) is 7.77. The molecule has 1 amide bonds. The molecular weight excluding hydrogens is 204 g/mol. The average Bonchev–Trinajstić information content (AvgIpc) is 2.74. The van der Waals surface area contributed by atoms with Gasteiger partial charge in [-0.15, -0.1) is 0 Å². The van der Waals surface area contributed by atoms with Gasteiger partial charge < -0.3 is 4.57 Å². The number of nitrogens with zero attached hydrogens (tertiary/aromatic N) is 2. The van der Waals surface area contributed by atoms with Crippen LogP contribution in [0.25, 0.3) is 11.0 Å². The van der Waals surface area contributed by atoms with Crippen molar-refractivity contribution in [2.24, 2.45) is 5.84 Å². The van der Waals surface area contributed by atoms with Crippen molar-refractivity contribution in [1.29, 1.82) is 0 Å². The van der Waals surface area contributed by atoms with Gasteiger partial charge in [0.05, 0.1) is 17.4 Å². The molecule has 0 bridgehead atoms. The molecule has 0 aliphatic carbocycles. The minimum Gasteiger partial charge on any atom is -0.318 e. The maximum Gasteiger partial charge on any atom is 0.256 e. The first kappa shape index (κ1) is 10.6. The highest BCUT2D eigenvalue weighted by Gasteiger charge is 2.18. The Morgan fingerprint density at radius 1 is 1.56 bits per heavy atom. The monoisotopic (exact) mass is 218 g/mol. The number of nitrogens with one attached hydrogen (secondary N) is 1. The van der Waals surface area contributed by atoms with E-state index in [4.69, 9.17) is 5.84 Å². The van der Waals surface area contributed by atoms with Crippen LogP contribution in [0.4, 0.5) is 0 Å². The normalized spacial score (nSPS) is 12.6. The predicted molar refractivity (Wildman–Crippen MR) is 61.4 cm³/mol. The Morgan fingerprint density at radius 2 is 2.31 bits per heavy atom. The predicted octanol–water partition coefficient (Wildman–Crippen LogP) is 0.977. The van der Waals surface area contributed by atoms with E-state index in [1.807, 2.05) is 35.8 Å². The number of benzene rings is 1. The molecule has 16 heavy (non-hydrogen) atoms. The van der Waals surface area contributed by atoms with Crippen molar-refractivity contribution in [2.75, 3.05) is 0 Å².